The number of benzene rings is 1. The van der Waals surface area contributed by atoms with E-state index >= 15 is 0 Å². The lowest BCUT2D eigenvalue weighted by Gasteiger charge is -2.02. The van der Waals surface area contributed by atoms with Crippen molar-refractivity contribution in [3.63, 3.8) is 0 Å². The quantitative estimate of drug-likeness (QED) is 0.579. The van der Waals surface area contributed by atoms with E-state index in [9.17, 15) is 14.0 Å². The molecule has 22 heavy (non-hydrogen) atoms. The van der Waals surface area contributed by atoms with Crippen LogP contribution in [-0.2, 0) is 16.0 Å². The maximum atomic E-state index is 12.8. The Kier molecular flexibility index (Phi) is 5.60. The molecule has 116 valence electrons. The second-order valence-electron chi connectivity index (χ2n) is 4.28. The van der Waals surface area contributed by atoms with Crippen LogP contribution in [0.3, 0.4) is 0 Å². The number of carbonyl (C=O) groups is 2. The highest BCUT2D eigenvalue weighted by atomic mass is 32.1. The minimum Gasteiger partial charge on any atom is -0.469 e. The number of Topliss-reactive ketones (excluding diaryl/α,β-unsaturated/α-hetero) is 1. The van der Waals surface area contributed by atoms with Gasteiger partial charge in [-0.25, -0.2) is 9.37 Å². The van der Waals surface area contributed by atoms with Crippen molar-refractivity contribution in [2.45, 2.75) is 13.3 Å². The molecule has 1 heterocycles. The molecule has 0 saturated heterocycles. The summed E-state index contributed by atoms with van der Waals surface area (Å²) < 4.78 is 22.9. The Balaban J connectivity index is 1.86. The van der Waals surface area contributed by atoms with E-state index in [0.717, 1.165) is 0 Å². The predicted octanol–water partition coefficient (Wildman–Crippen LogP) is 2.65. The second kappa shape index (κ2) is 7.65. The fourth-order valence-corrected chi connectivity index (χ4v) is 2.34. The summed E-state index contributed by atoms with van der Waals surface area (Å²) in [5, 5.41) is 2.18. The molecule has 0 unspecified atom stereocenters. The average Bonchev–Trinajstić information content (AvgIpc) is 2.93. The van der Waals surface area contributed by atoms with Crippen molar-refractivity contribution >= 4 is 23.1 Å². The zero-order valence-electron chi connectivity index (χ0n) is 11.9. The summed E-state index contributed by atoms with van der Waals surface area (Å²) >= 11 is 1.26. The minimum absolute atomic E-state index is 0.0772. The Morgan fingerprint density at radius 1 is 1.27 bits per heavy atom. The number of carbonyl (C=O) groups excluding carboxylic acids is 2. The zero-order valence-corrected chi connectivity index (χ0v) is 12.7. The third-order valence-electron chi connectivity index (χ3n) is 2.65. The van der Waals surface area contributed by atoms with Gasteiger partial charge in [-0.05, 0) is 31.2 Å². The van der Waals surface area contributed by atoms with E-state index in [1.807, 2.05) is 0 Å². The van der Waals surface area contributed by atoms with Gasteiger partial charge in [-0.1, -0.05) is 0 Å². The highest BCUT2D eigenvalue weighted by Gasteiger charge is 2.11. The van der Waals surface area contributed by atoms with Crippen molar-refractivity contribution in [3.8, 4) is 5.88 Å². The van der Waals surface area contributed by atoms with Gasteiger partial charge in [-0.3, -0.25) is 9.59 Å². The number of halogens is 1. The summed E-state index contributed by atoms with van der Waals surface area (Å²) in [6, 6.07) is 5.23. The van der Waals surface area contributed by atoms with Crippen LogP contribution in [0.2, 0.25) is 0 Å². The van der Waals surface area contributed by atoms with Crippen LogP contribution in [0, 0.1) is 5.82 Å². The SMILES string of the molecule is CCOC(=O)Cc1nc(OCC(=O)c2ccc(F)cc2)cs1. The number of ketones is 1. The van der Waals surface area contributed by atoms with Crippen LogP contribution in [0.5, 0.6) is 5.88 Å². The number of hydrogen-bond donors (Lipinski definition) is 0. The molecule has 0 fully saturated rings. The topological polar surface area (TPSA) is 65.5 Å². The van der Waals surface area contributed by atoms with E-state index in [0.29, 0.717) is 17.2 Å². The maximum absolute atomic E-state index is 12.8. The molecular formula is C15H14FNO4S. The van der Waals surface area contributed by atoms with Gasteiger partial charge in [0.2, 0.25) is 5.88 Å². The molecule has 0 aliphatic rings. The minimum atomic E-state index is -0.402. The van der Waals surface area contributed by atoms with Crippen molar-refractivity contribution < 1.29 is 23.5 Å². The molecule has 0 radical (unpaired) electrons. The molecule has 7 heteroatoms. The number of ether oxygens (including phenoxy) is 2. The summed E-state index contributed by atoms with van der Waals surface area (Å²) in [5.74, 6) is -0.758. The molecule has 0 aliphatic heterocycles. The van der Waals surface area contributed by atoms with E-state index in [1.54, 1.807) is 12.3 Å². The Morgan fingerprint density at radius 2 is 2.00 bits per heavy atom. The molecule has 5 nitrogen and oxygen atoms in total. The van der Waals surface area contributed by atoms with Crippen molar-refractivity contribution in [2.24, 2.45) is 0 Å². The summed E-state index contributed by atoms with van der Waals surface area (Å²) in [4.78, 5) is 27.3. The van der Waals surface area contributed by atoms with Gasteiger partial charge in [0.15, 0.2) is 12.4 Å². The lowest BCUT2D eigenvalue weighted by Crippen LogP contribution is -2.12. The monoisotopic (exact) mass is 323 g/mol. The molecule has 2 aromatic rings. The fourth-order valence-electron chi connectivity index (χ4n) is 1.64. The Bertz CT molecular complexity index is 654. The van der Waals surface area contributed by atoms with E-state index in [-0.39, 0.29) is 30.7 Å². The second-order valence-corrected chi connectivity index (χ2v) is 5.22. The van der Waals surface area contributed by atoms with Crippen LogP contribution in [0.4, 0.5) is 4.39 Å². The highest BCUT2D eigenvalue weighted by Crippen LogP contribution is 2.17. The van der Waals surface area contributed by atoms with Gasteiger partial charge in [-0.15, -0.1) is 11.3 Å². The van der Waals surface area contributed by atoms with Gasteiger partial charge in [0, 0.05) is 5.56 Å². The molecule has 0 saturated carbocycles. The van der Waals surface area contributed by atoms with Gasteiger partial charge in [0.1, 0.15) is 10.8 Å². The zero-order chi connectivity index (χ0) is 15.9. The Hall–Kier alpha value is -2.28. The molecule has 0 N–H and O–H groups in total. The molecule has 0 amide bonds. The van der Waals surface area contributed by atoms with Crippen molar-refractivity contribution in [1.29, 1.82) is 0 Å². The number of aromatic nitrogens is 1. The van der Waals surface area contributed by atoms with Gasteiger partial charge in [-0.2, -0.15) is 0 Å². The first kappa shape index (κ1) is 16.1. The highest BCUT2D eigenvalue weighted by molar-refractivity contribution is 7.09. The number of hydrogen-bond acceptors (Lipinski definition) is 6. The first-order chi connectivity index (χ1) is 10.6. The number of esters is 1. The van der Waals surface area contributed by atoms with Crippen LogP contribution >= 0.6 is 11.3 Å². The molecule has 1 aromatic heterocycles. The molecule has 0 spiro atoms. The number of nitrogens with zero attached hydrogens (tertiary/aromatic N) is 1. The van der Waals surface area contributed by atoms with E-state index in [2.05, 4.69) is 4.98 Å². The van der Waals surface area contributed by atoms with Gasteiger partial charge >= 0.3 is 5.97 Å². The lowest BCUT2D eigenvalue weighted by atomic mass is 10.1. The molecule has 2 rings (SSSR count). The van der Waals surface area contributed by atoms with Gasteiger partial charge < -0.3 is 9.47 Å². The summed E-state index contributed by atoms with van der Waals surface area (Å²) in [7, 11) is 0. The van der Waals surface area contributed by atoms with E-state index in [1.165, 1.54) is 35.6 Å². The smallest absolute Gasteiger partial charge is 0.312 e. The van der Waals surface area contributed by atoms with Crippen LogP contribution in [0.25, 0.3) is 0 Å². The van der Waals surface area contributed by atoms with Crippen molar-refractivity contribution in [1.82, 2.24) is 4.98 Å². The van der Waals surface area contributed by atoms with Gasteiger partial charge in [0.25, 0.3) is 0 Å². The molecule has 1 aromatic carbocycles. The Morgan fingerprint density at radius 3 is 2.68 bits per heavy atom. The summed E-state index contributed by atoms with van der Waals surface area (Å²) in [6.45, 7) is 1.85. The standard InChI is InChI=1S/C15H14FNO4S/c1-2-20-15(19)7-14-17-13(9-22-14)21-8-12(18)10-3-5-11(16)6-4-10/h3-6,9H,2,7-8H2,1H3. The molecular weight excluding hydrogens is 309 g/mol. The fraction of sp³-hybridized carbons (Fsp3) is 0.267. The maximum Gasteiger partial charge on any atom is 0.312 e. The summed E-state index contributed by atoms with van der Waals surface area (Å²) in [6.07, 6.45) is 0.0772. The van der Waals surface area contributed by atoms with E-state index in [4.69, 9.17) is 9.47 Å². The predicted molar refractivity (Wildman–Crippen MR) is 78.7 cm³/mol. The molecule has 0 atom stereocenters. The number of rotatable bonds is 7. The van der Waals surface area contributed by atoms with Gasteiger partial charge in [0.05, 0.1) is 18.4 Å². The first-order valence-corrected chi connectivity index (χ1v) is 7.48. The third kappa shape index (κ3) is 4.63. The van der Waals surface area contributed by atoms with Crippen LogP contribution < -0.4 is 4.74 Å². The van der Waals surface area contributed by atoms with Crippen molar-refractivity contribution in [3.05, 3.63) is 46.0 Å². The van der Waals surface area contributed by atoms with Crippen molar-refractivity contribution in [2.75, 3.05) is 13.2 Å². The summed E-state index contributed by atoms with van der Waals surface area (Å²) in [5.41, 5.74) is 0.364. The number of thiazole rings is 1. The van der Waals surface area contributed by atoms with E-state index < -0.39 is 5.82 Å². The molecule has 0 bridgehead atoms. The molecule has 0 aliphatic carbocycles. The lowest BCUT2D eigenvalue weighted by molar-refractivity contribution is -0.142. The van der Waals surface area contributed by atoms with Crippen LogP contribution in [0.15, 0.2) is 29.6 Å². The average molecular weight is 323 g/mol. The van der Waals surface area contributed by atoms with Crippen LogP contribution in [0.1, 0.15) is 22.3 Å². The first-order valence-electron chi connectivity index (χ1n) is 6.60. The largest absolute Gasteiger partial charge is 0.469 e. The normalized spacial score (nSPS) is 10.3. The Labute approximate surface area is 130 Å². The van der Waals surface area contributed by atoms with Crippen LogP contribution in [-0.4, -0.2) is 30.0 Å². The third-order valence-corrected chi connectivity index (χ3v) is 3.48.